The molecule has 0 aliphatic heterocycles. The van der Waals surface area contributed by atoms with Gasteiger partial charge in [0.15, 0.2) is 0 Å². The van der Waals surface area contributed by atoms with Gasteiger partial charge in [-0.15, -0.1) is 0 Å². The van der Waals surface area contributed by atoms with E-state index in [9.17, 15) is 0 Å². The van der Waals surface area contributed by atoms with Gasteiger partial charge in [-0.3, -0.25) is 0 Å². The zero-order valence-corrected chi connectivity index (χ0v) is 13.5. The van der Waals surface area contributed by atoms with Crippen LogP contribution in [0.2, 0.25) is 0 Å². The average Bonchev–Trinajstić information content (AvgIpc) is 2.88. The Bertz CT molecular complexity index is 541. The Hall–Kier alpha value is -1.33. The topological polar surface area (TPSA) is 41.3 Å². The van der Waals surface area contributed by atoms with Gasteiger partial charge in [0.1, 0.15) is 6.26 Å². The molecule has 0 radical (unpaired) electrons. The molecule has 20 heavy (non-hydrogen) atoms. The van der Waals surface area contributed by atoms with Gasteiger partial charge in [0.2, 0.25) is 0 Å². The normalized spacial score (nSPS) is 10.8. The van der Waals surface area contributed by atoms with Crippen LogP contribution >= 0.6 is 15.9 Å². The Labute approximate surface area is 128 Å². The molecule has 1 heterocycles. The quantitative estimate of drug-likeness (QED) is 0.784. The molecule has 2 rings (SSSR count). The molecule has 5 heteroatoms. The summed E-state index contributed by atoms with van der Waals surface area (Å²) in [4.78, 5) is 6.49. The lowest BCUT2D eigenvalue weighted by Gasteiger charge is -2.14. The summed E-state index contributed by atoms with van der Waals surface area (Å²) in [6, 6.07) is 8.89. The average molecular weight is 338 g/mol. The number of hydrogen-bond donors (Lipinski definition) is 1. The molecule has 0 atom stereocenters. The van der Waals surface area contributed by atoms with Crippen LogP contribution in [0.1, 0.15) is 24.6 Å². The number of hydrogen-bond acceptors (Lipinski definition) is 4. The molecular formula is C15H20BrN3O. The molecule has 0 amide bonds. The summed E-state index contributed by atoms with van der Waals surface area (Å²) in [6.07, 6.45) is 2.84. The standard InChI is InChI=1S/C15H20BrN3O/c1-3-7-17-9-14-11-20-15(18-14)19(2)10-12-5-4-6-13(16)8-12/h4-6,8,11,17H,3,7,9-10H2,1-2H3. The first-order chi connectivity index (χ1) is 9.69. The van der Waals surface area contributed by atoms with Crippen LogP contribution in [-0.2, 0) is 13.1 Å². The lowest BCUT2D eigenvalue weighted by molar-refractivity contribution is 0.542. The van der Waals surface area contributed by atoms with Gasteiger partial charge in [-0.25, -0.2) is 0 Å². The number of rotatable bonds is 7. The van der Waals surface area contributed by atoms with Crippen LogP contribution in [-0.4, -0.2) is 18.6 Å². The summed E-state index contributed by atoms with van der Waals surface area (Å²) < 4.78 is 6.61. The number of nitrogens with zero attached hydrogens (tertiary/aromatic N) is 2. The maximum Gasteiger partial charge on any atom is 0.297 e. The van der Waals surface area contributed by atoms with Gasteiger partial charge < -0.3 is 14.6 Å². The minimum Gasteiger partial charge on any atom is -0.432 e. The Morgan fingerprint density at radius 2 is 2.25 bits per heavy atom. The molecule has 0 fully saturated rings. The van der Waals surface area contributed by atoms with Gasteiger partial charge in [-0.05, 0) is 30.7 Å². The van der Waals surface area contributed by atoms with E-state index >= 15 is 0 Å². The zero-order valence-electron chi connectivity index (χ0n) is 11.9. The highest BCUT2D eigenvalue weighted by Gasteiger charge is 2.09. The second-order valence-corrected chi connectivity index (χ2v) is 5.70. The van der Waals surface area contributed by atoms with Crippen molar-refractivity contribution in [1.29, 1.82) is 0 Å². The molecule has 1 N–H and O–H groups in total. The van der Waals surface area contributed by atoms with E-state index in [2.05, 4.69) is 45.3 Å². The van der Waals surface area contributed by atoms with Crippen LogP contribution < -0.4 is 10.2 Å². The lowest BCUT2D eigenvalue weighted by Crippen LogP contribution is -2.17. The summed E-state index contributed by atoms with van der Waals surface area (Å²) in [6.45, 7) is 4.66. The van der Waals surface area contributed by atoms with Crippen molar-refractivity contribution in [1.82, 2.24) is 10.3 Å². The highest BCUT2D eigenvalue weighted by molar-refractivity contribution is 9.10. The molecule has 0 aliphatic rings. The van der Waals surface area contributed by atoms with Crippen LogP contribution in [0.15, 0.2) is 39.4 Å². The highest BCUT2D eigenvalue weighted by Crippen LogP contribution is 2.17. The highest BCUT2D eigenvalue weighted by atomic mass is 79.9. The van der Waals surface area contributed by atoms with Crippen molar-refractivity contribution < 1.29 is 4.42 Å². The maximum absolute atomic E-state index is 5.52. The molecule has 0 unspecified atom stereocenters. The summed E-state index contributed by atoms with van der Waals surface area (Å²) in [5.41, 5.74) is 2.15. The van der Waals surface area contributed by atoms with Crippen LogP contribution in [0.3, 0.4) is 0 Å². The van der Waals surface area contributed by atoms with E-state index in [-0.39, 0.29) is 0 Å². The monoisotopic (exact) mass is 337 g/mol. The van der Waals surface area contributed by atoms with E-state index in [0.717, 1.165) is 36.2 Å². The van der Waals surface area contributed by atoms with Crippen molar-refractivity contribution >= 4 is 21.9 Å². The lowest BCUT2D eigenvalue weighted by atomic mass is 10.2. The van der Waals surface area contributed by atoms with Gasteiger partial charge in [0.25, 0.3) is 6.01 Å². The molecule has 0 saturated heterocycles. The van der Waals surface area contributed by atoms with Crippen molar-refractivity contribution in [3.8, 4) is 0 Å². The van der Waals surface area contributed by atoms with E-state index in [1.54, 1.807) is 6.26 Å². The summed E-state index contributed by atoms with van der Waals surface area (Å²) in [5.74, 6) is 0. The fourth-order valence-electron chi connectivity index (χ4n) is 1.92. The minimum absolute atomic E-state index is 0.651. The van der Waals surface area contributed by atoms with Gasteiger partial charge in [0.05, 0.1) is 5.69 Å². The molecule has 0 saturated carbocycles. The van der Waals surface area contributed by atoms with Crippen molar-refractivity contribution in [2.75, 3.05) is 18.5 Å². The van der Waals surface area contributed by atoms with Crippen molar-refractivity contribution in [3.63, 3.8) is 0 Å². The second-order valence-electron chi connectivity index (χ2n) is 4.78. The van der Waals surface area contributed by atoms with Crippen LogP contribution in [0.5, 0.6) is 0 Å². The number of halogens is 1. The van der Waals surface area contributed by atoms with E-state index in [1.165, 1.54) is 5.56 Å². The van der Waals surface area contributed by atoms with Crippen molar-refractivity contribution in [3.05, 3.63) is 46.3 Å². The SMILES string of the molecule is CCCNCc1coc(N(C)Cc2cccc(Br)c2)n1. The molecule has 108 valence electrons. The van der Waals surface area contributed by atoms with E-state index in [0.29, 0.717) is 6.01 Å². The third-order valence-electron chi connectivity index (χ3n) is 2.91. The first kappa shape index (κ1) is 15.1. The van der Waals surface area contributed by atoms with E-state index in [4.69, 9.17) is 4.42 Å². The number of benzene rings is 1. The molecular weight excluding hydrogens is 318 g/mol. The van der Waals surface area contributed by atoms with Gasteiger partial charge in [-0.2, -0.15) is 4.98 Å². The Morgan fingerprint density at radius 1 is 1.40 bits per heavy atom. The molecule has 2 aromatic rings. The van der Waals surface area contributed by atoms with E-state index < -0.39 is 0 Å². The number of nitrogens with one attached hydrogen (secondary N) is 1. The molecule has 1 aromatic carbocycles. The third-order valence-corrected chi connectivity index (χ3v) is 3.40. The Morgan fingerprint density at radius 3 is 3.00 bits per heavy atom. The van der Waals surface area contributed by atoms with E-state index in [1.807, 2.05) is 24.1 Å². The molecule has 0 aliphatic carbocycles. The number of anilines is 1. The van der Waals surface area contributed by atoms with Gasteiger partial charge in [-0.1, -0.05) is 35.0 Å². The summed E-state index contributed by atoms with van der Waals surface area (Å²) in [7, 11) is 1.98. The predicted molar refractivity (Wildman–Crippen MR) is 84.7 cm³/mol. The van der Waals surface area contributed by atoms with Crippen molar-refractivity contribution in [2.45, 2.75) is 26.4 Å². The molecule has 1 aromatic heterocycles. The molecule has 0 spiro atoms. The van der Waals surface area contributed by atoms with Crippen LogP contribution in [0.25, 0.3) is 0 Å². The second kappa shape index (κ2) is 7.45. The minimum atomic E-state index is 0.651. The van der Waals surface area contributed by atoms with Crippen LogP contribution in [0.4, 0.5) is 6.01 Å². The fraction of sp³-hybridized carbons (Fsp3) is 0.400. The largest absolute Gasteiger partial charge is 0.432 e. The van der Waals surface area contributed by atoms with Gasteiger partial charge in [0, 0.05) is 24.6 Å². The number of oxazole rings is 1. The van der Waals surface area contributed by atoms with Crippen molar-refractivity contribution in [2.24, 2.45) is 0 Å². The molecule has 0 bridgehead atoms. The fourth-order valence-corrected chi connectivity index (χ4v) is 2.37. The number of aromatic nitrogens is 1. The van der Waals surface area contributed by atoms with Crippen LogP contribution in [0, 0.1) is 0 Å². The van der Waals surface area contributed by atoms with Gasteiger partial charge >= 0.3 is 0 Å². The Kier molecular flexibility index (Phi) is 5.61. The maximum atomic E-state index is 5.52. The molecule has 4 nitrogen and oxygen atoms in total. The smallest absolute Gasteiger partial charge is 0.297 e. The first-order valence-corrected chi connectivity index (χ1v) is 7.59. The zero-order chi connectivity index (χ0) is 14.4. The summed E-state index contributed by atoms with van der Waals surface area (Å²) >= 11 is 3.48. The predicted octanol–water partition coefficient (Wildman–Crippen LogP) is 3.57. The Balaban J connectivity index is 1.93. The third kappa shape index (κ3) is 4.35. The first-order valence-electron chi connectivity index (χ1n) is 6.79. The summed E-state index contributed by atoms with van der Waals surface area (Å²) in [5, 5.41) is 3.31.